The first kappa shape index (κ1) is 11.2. The summed E-state index contributed by atoms with van der Waals surface area (Å²) in [4.78, 5) is 0. The molecule has 0 bridgehead atoms. The first-order chi connectivity index (χ1) is 7.27. The van der Waals surface area contributed by atoms with Crippen LogP contribution in [-0.2, 0) is 0 Å². The minimum Gasteiger partial charge on any atom is -0.384 e. The van der Waals surface area contributed by atoms with Crippen molar-refractivity contribution in [1.82, 2.24) is 0 Å². The Labute approximate surface area is 89.8 Å². The summed E-state index contributed by atoms with van der Waals surface area (Å²) >= 11 is 0. The zero-order chi connectivity index (χ0) is 11.1. The number of allylic oxidation sites excluding steroid dienone is 1. The van der Waals surface area contributed by atoms with Crippen LogP contribution in [0.4, 0.5) is 0 Å². The molecule has 0 radical (unpaired) electrons. The second kappa shape index (κ2) is 5.79. The number of nitriles is 1. The molecule has 76 valence electrons. The van der Waals surface area contributed by atoms with Gasteiger partial charge in [-0.15, -0.1) is 0 Å². The summed E-state index contributed by atoms with van der Waals surface area (Å²) in [5.41, 5.74) is 1.26. The van der Waals surface area contributed by atoms with E-state index in [1.54, 1.807) is 25.2 Å². The van der Waals surface area contributed by atoms with Crippen LogP contribution in [0, 0.1) is 11.3 Å². The van der Waals surface area contributed by atoms with Gasteiger partial charge in [-0.2, -0.15) is 5.26 Å². The van der Waals surface area contributed by atoms with Gasteiger partial charge in [0.05, 0.1) is 11.6 Å². The number of aliphatic hydroxyl groups excluding tert-OH is 1. The van der Waals surface area contributed by atoms with Crippen molar-refractivity contribution >= 4 is 6.08 Å². The summed E-state index contributed by atoms with van der Waals surface area (Å²) in [5, 5.41) is 18.5. The van der Waals surface area contributed by atoms with Gasteiger partial charge in [0.25, 0.3) is 0 Å². The van der Waals surface area contributed by atoms with Crippen molar-refractivity contribution in [2.75, 3.05) is 0 Å². The number of benzene rings is 1. The van der Waals surface area contributed by atoms with Crippen LogP contribution in [0.1, 0.15) is 12.5 Å². The summed E-state index contributed by atoms with van der Waals surface area (Å²) in [6.07, 6.45) is 4.17. The summed E-state index contributed by atoms with van der Waals surface area (Å²) in [6.45, 7) is 1.81. The maximum Gasteiger partial charge on any atom is 0.107 e. The molecule has 0 fully saturated rings. The smallest absolute Gasteiger partial charge is 0.107 e. The maximum atomic E-state index is 9.59. The molecular weight excluding hydrogens is 186 g/mol. The molecule has 0 aliphatic heterocycles. The Balaban J connectivity index is 2.94. The highest BCUT2D eigenvalue weighted by Crippen LogP contribution is 2.10. The Kier molecular flexibility index (Phi) is 4.33. The minimum absolute atomic E-state index is 0.347. The van der Waals surface area contributed by atoms with Gasteiger partial charge in [0.2, 0.25) is 0 Å². The molecule has 0 heterocycles. The van der Waals surface area contributed by atoms with Gasteiger partial charge in [0.15, 0.2) is 0 Å². The third-order valence-electron chi connectivity index (χ3n) is 1.94. The SMILES string of the molecule is C/C=C/C(O)/C(C#N)=C/c1ccccc1. The highest BCUT2D eigenvalue weighted by molar-refractivity contribution is 5.58. The molecule has 0 amide bonds. The molecule has 1 unspecified atom stereocenters. The van der Waals surface area contributed by atoms with Crippen LogP contribution in [0.25, 0.3) is 6.08 Å². The van der Waals surface area contributed by atoms with Crippen molar-refractivity contribution in [3.8, 4) is 6.07 Å². The Bertz CT molecular complexity index is 398. The Morgan fingerprint density at radius 3 is 2.60 bits per heavy atom. The molecule has 0 aliphatic carbocycles. The minimum atomic E-state index is -0.819. The monoisotopic (exact) mass is 199 g/mol. The van der Waals surface area contributed by atoms with E-state index in [1.807, 2.05) is 36.4 Å². The molecule has 1 aromatic carbocycles. The fourth-order valence-electron chi connectivity index (χ4n) is 1.20. The highest BCUT2D eigenvalue weighted by atomic mass is 16.3. The number of nitrogens with zero attached hydrogens (tertiary/aromatic N) is 1. The van der Waals surface area contributed by atoms with Crippen molar-refractivity contribution in [2.45, 2.75) is 13.0 Å². The van der Waals surface area contributed by atoms with Crippen molar-refractivity contribution in [2.24, 2.45) is 0 Å². The molecule has 0 spiro atoms. The third kappa shape index (κ3) is 3.41. The normalized spacial score (nSPS) is 13.8. The number of rotatable bonds is 3. The lowest BCUT2D eigenvalue weighted by molar-refractivity contribution is 0.265. The lowest BCUT2D eigenvalue weighted by atomic mass is 10.1. The second-order valence-electron chi connectivity index (χ2n) is 3.09. The Morgan fingerprint density at radius 2 is 2.07 bits per heavy atom. The van der Waals surface area contributed by atoms with E-state index >= 15 is 0 Å². The van der Waals surface area contributed by atoms with E-state index in [4.69, 9.17) is 5.26 Å². The Hall–Kier alpha value is -1.85. The molecule has 1 atom stereocenters. The van der Waals surface area contributed by atoms with Crippen LogP contribution in [-0.4, -0.2) is 11.2 Å². The average Bonchev–Trinajstić information content (AvgIpc) is 2.27. The fraction of sp³-hybridized carbons (Fsp3) is 0.154. The van der Waals surface area contributed by atoms with Crippen LogP contribution >= 0.6 is 0 Å². The quantitative estimate of drug-likeness (QED) is 0.600. The number of aliphatic hydroxyl groups is 1. The molecule has 0 aromatic heterocycles. The molecule has 15 heavy (non-hydrogen) atoms. The lowest BCUT2D eigenvalue weighted by Gasteiger charge is -2.02. The molecule has 1 aromatic rings. The van der Waals surface area contributed by atoms with Gasteiger partial charge in [0, 0.05) is 0 Å². The summed E-state index contributed by atoms with van der Waals surface area (Å²) in [5.74, 6) is 0. The van der Waals surface area contributed by atoms with Crippen LogP contribution in [0.15, 0.2) is 48.1 Å². The third-order valence-corrected chi connectivity index (χ3v) is 1.94. The molecule has 0 saturated heterocycles. The van der Waals surface area contributed by atoms with Gasteiger partial charge in [0.1, 0.15) is 6.10 Å². The average molecular weight is 199 g/mol. The molecule has 2 nitrogen and oxygen atoms in total. The van der Waals surface area contributed by atoms with E-state index in [1.165, 1.54) is 0 Å². The van der Waals surface area contributed by atoms with E-state index in [9.17, 15) is 5.11 Å². The lowest BCUT2D eigenvalue weighted by Crippen LogP contribution is -2.04. The van der Waals surface area contributed by atoms with Crippen molar-refractivity contribution in [1.29, 1.82) is 5.26 Å². The van der Waals surface area contributed by atoms with E-state index in [0.717, 1.165) is 5.56 Å². The summed E-state index contributed by atoms with van der Waals surface area (Å²) in [7, 11) is 0. The number of hydrogen-bond acceptors (Lipinski definition) is 2. The van der Waals surface area contributed by atoms with Gasteiger partial charge in [-0.3, -0.25) is 0 Å². The van der Waals surface area contributed by atoms with E-state index in [-0.39, 0.29) is 0 Å². The van der Waals surface area contributed by atoms with Gasteiger partial charge in [-0.25, -0.2) is 0 Å². The summed E-state index contributed by atoms with van der Waals surface area (Å²) in [6, 6.07) is 11.5. The first-order valence-electron chi connectivity index (χ1n) is 4.75. The van der Waals surface area contributed by atoms with Crippen LogP contribution in [0.2, 0.25) is 0 Å². The highest BCUT2D eigenvalue weighted by Gasteiger charge is 2.05. The van der Waals surface area contributed by atoms with Crippen LogP contribution in [0.5, 0.6) is 0 Å². The molecule has 1 N–H and O–H groups in total. The van der Waals surface area contributed by atoms with Crippen molar-refractivity contribution in [3.63, 3.8) is 0 Å². The van der Waals surface area contributed by atoms with Crippen molar-refractivity contribution in [3.05, 3.63) is 53.6 Å². The molecule has 0 aliphatic rings. The van der Waals surface area contributed by atoms with Crippen LogP contribution in [0.3, 0.4) is 0 Å². The maximum absolute atomic E-state index is 9.59. The summed E-state index contributed by atoms with van der Waals surface area (Å²) < 4.78 is 0. The van der Waals surface area contributed by atoms with Gasteiger partial charge in [-0.05, 0) is 18.6 Å². The fourth-order valence-corrected chi connectivity index (χ4v) is 1.20. The molecule has 0 saturated carbocycles. The molecular formula is C13H13NO. The van der Waals surface area contributed by atoms with Crippen molar-refractivity contribution < 1.29 is 5.11 Å². The Morgan fingerprint density at radius 1 is 1.40 bits per heavy atom. The molecule has 2 heteroatoms. The van der Waals surface area contributed by atoms with E-state index in [0.29, 0.717) is 5.57 Å². The van der Waals surface area contributed by atoms with Gasteiger partial charge >= 0.3 is 0 Å². The predicted octanol–water partition coefficient (Wildman–Crippen LogP) is 2.53. The standard InChI is InChI=1S/C13H13NO/c1-2-6-13(15)12(10-14)9-11-7-4-3-5-8-11/h2-9,13,15H,1H3/b6-2+,12-9+. The predicted molar refractivity (Wildman–Crippen MR) is 60.9 cm³/mol. The largest absolute Gasteiger partial charge is 0.384 e. The van der Waals surface area contributed by atoms with Gasteiger partial charge in [-0.1, -0.05) is 42.5 Å². The van der Waals surface area contributed by atoms with Crippen LogP contribution < -0.4 is 0 Å². The zero-order valence-electron chi connectivity index (χ0n) is 8.59. The van der Waals surface area contributed by atoms with E-state index in [2.05, 4.69) is 0 Å². The topological polar surface area (TPSA) is 44.0 Å². The van der Waals surface area contributed by atoms with Gasteiger partial charge < -0.3 is 5.11 Å². The number of hydrogen-bond donors (Lipinski definition) is 1. The second-order valence-corrected chi connectivity index (χ2v) is 3.09. The zero-order valence-corrected chi connectivity index (χ0v) is 8.59. The van der Waals surface area contributed by atoms with E-state index < -0.39 is 6.10 Å². The molecule has 1 rings (SSSR count). The first-order valence-corrected chi connectivity index (χ1v) is 4.75.